The Morgan fingerprint density at radius 3 is 2.50 bits per heavy atom. The Hall–Kier alpha value is -0.690. The molecular formula is C11H17ClN2O3S. The van der Waals surface area contributed by atoms with Crippen LogP contribution in [0.2, 0.25) is 0 Å². The molecule has 0 unspecified atom stereocenters. The van der Waals surface area contributed by atoms with E-state index in [2.05, 4.69) is 4.98 Å². The van der Waals surface area contributed by atoms with Gasteiger partial charge in [-0.15, -0.1) is 22.9 Å². The van der Waals surface area contributed by atoms with E-state index >= 15 is 0 Å². The first-order valence-electron chi connectivity index (χ1n) is 5.50. The van der Waals surface area contributed by atoms with Crippen molar-refractivity contribution < 1.29 is 14.3 Å². The van der Waals surface area contributed by atoms with Crippen LogP contribution < -0.4 is 4.90 Å². The van der Waals surface area contributed by atoms with Crippen molar-refractivity contribution >= 4 is 33.9 Å². The lowest BCUT2D eigenvalue weighted by atomic mass is 10.3. The zero-order valence-electron chi connectivity index (χ0n) is 10.5. The Labute approximate surface area is 116 Å². The summed E-state index contributed by atoms with van der Waals surface area (Å²) in [5, 5.41) is 2.52. The highest BCUT2D eigenvalue weighted by atomic mass is 35.5. The van der Waals surface area contributed by atoms with Gasteiger partial charge in [0.2, 0.25) is 0 Å². The van der Waals surface area contributed by atoms with E-state index in [0.29, 0.717) is 32.0 Å². The molecule has 5 nitrogen and oxygen atoms in total. The Bertz CT molecular complexity index is 365. The largest absolute Gasteiger partial charge is 0.383 e. The molecule has 0 aromatic carbocycles. The van der Waals surface area contributed by atoms with Crippen molar-refractivity contribution in [3.8, 4) is 0 Å². The number of anilines is 1. The molecule has 7 heteroatoms. The summed E-state index contributed by atoms with van der Waals surface area (Å²) in [7, 11) is 3.30. The molecule has 0 bridgehead atoms. The van der Waals surface area contributed by atoms with Gasteiger partial charge in [-0.05, 0) is 0 Å². The molecule has 1 aromatic heterocycles. The van der Waals surface area contributed by atoms with E-state index in [-0.39, 0.29) is 11.7 Å². The van der Waals surface area contributed by atoms with Gasteiger partial charge in [-0.3, -0.25) is 4.79 Å². The molecule has 0 atom stereocenters. The fourth-order valence-corrected chi connectivity index (χ4v) is 2.33. The highest BCUT2D eigenvalue weighted by molar-refractivity contribution is 7.14. The Balaban J connectivity index is 2.70. The number of thiazole rings is 1. The van der Waals surface area contributed by atoms with Crippen LogP contribution in [0.1, 0.15) is 10.5 Å². The van der Waals surface area contributed by atoms with Gasteiger partial charge in [-0.1, -0.05) is 0 Å². The number of rotatable bonds is 9. The van der Waals surface area contributed by atoms with Gasteiger partial charge in [0.25, 0.3) is 0 Å². The Morgan fingerprint density at radius 2 is 2.00 bits per heavy atom. The van der Waals surface area contributed by atoms with Crippen molar-refractivity contribution in [3.05, 3.63) is 11.1 Å². The molecule has 1 heterocycles. The third-order valence-corrected chi connectivity index (χ3v) is 3.44. The first-order chi connectivity index (χ1) is 8.72. The lowest BCUT2D eigenvalue weighted by Gasteiger charge is -2.20. The number of carbonyl (C=O) groups is 1. The normalized spacial score (nSPS) is 10.6. The van der Waals surface area contributed by atoms with E-state index < -0.39 is 0 Å². The minimum Gasteiger partial charge on any atom is -0.383 e. The maximum atomic E-state index is 11.4. The molecule has 18 heavy (non-hydrogen) atoms. The van der Waals surface area contributed by atoms with E-state index in [9.17, 15) is 4.79 Å². The second-order valence-electron chi connectivity index (χ2n) is 3.54. The quantitative estimate of drug-likeness (QED) is 0.512. The number of aromatic nitrogens is 1. The molecule has 0 radical (unpaired) electrons. The van der Waals surface area contributed by atoms with Crippen LogP contribution in [0.5, 0.6) is 0 Å². The van der Waals surface area contributed by atoms with Crippen LogP contribution >= 0.6 is 22.9 Å². The second kappa shape index (κ2) is 8.42. The van der Waals surface area contributed by atoms with E-state index in [1.54, 1.807) is 19.6 Å². The second-order valence-corrected chi connectivity index (χ2v) is 4.65. The summed E-state index contributed by atoms with van der Waals surface area (Å²) < 4.78 is 10.1. The first kappa shape index (κ1) is 15.4. The van der Waals surface area contributed by atoms with E-state index in [1.807, 2.05) is 4.90 Å². The number of nitrogens with zero attached hydrogens (tertiary/aromatic N) is 2. The SMILES string of the molecule is COCCN(CCOC)c1nc(C(=O)CCl)cs1. The van der Waals surface area contributed by atoms with Crippen LogP contribution in [-0.2, 0) is 9.47 Å². The summed E-state index contributed by atoms with van der Waals surface area (Å²) in [4.78, 5) is 17.7. The number of Topliss-reactive ketones (excluding diaryl/α,β-unsaturated/α-hetero) is 1. The van der Waals surface area contributed by atoms with Crippen LogP contribution in [0.3, 0.4) is 0 Å². The summed E-state index contributed by atoms with van der Waals surface area (Å²) in [6.07, 6.45) is 0. The number of alkyl halides is 1. The topological polar surface area (TPSA) is 51.7 Å². The number of halogens is 1. The van der Waals surface area contributed by atoms with E-state index in [1.165, 1.54) is 11.3 Å². The standard InChI is InChI=1S/C11H17ClN2O3S/c1-16-5-3-14(4-6-17-2)11-13-9(8-18-11)10(15)7-12/h8H,3-7H2,1-2H3. The summed E-state index contributed by atoms with van der Waals surface area (Å²) >= 11 is 6.93. The van der Waals surface area contributed by atoms with Gasteiger partial charge < -0.3 is 14.4 Å². The van der Waals surface area contributed by atoms with Gasteiger partial charge in [0.05, 0.1) is 19.1 Å². The number of hydrogen-bond acceptors (Lipinski definition) is 6. The van der Waals surface area contributed by atoms with E-state index in [0.717, 1.165) is 5.13 Å². The van der Waals surface area contributed by atoms with Crippen LogP contribution in [-0.4, -0.2) is 57.2 Å². The Kier molecular flexibility index (Phi) is 7.19. The van der Waals surface area contributed by atoms with Gasteiger partial charge in [0, 0.05) is 32.7 Å². The third-order valence-electron chi connectivity index (χ3n) is 2.30. The van der Waals surface area contributed by atoms with Crippen LogP contribution in [0.25, 0.3) is 0 Å². The number of carbonyl (C=O) groups excluding carboxylic acids is 1. The molecule has 1 rings (SSSR count). The minimum absolute atomic E-state index is 0.0423. The molecule has 0 N–H and O–H groups in total. The fraction of sp³-hybridized carbons (Fsp3) is 0.636. The average Bonchev–Trinajstić information content (AvgIpc) is 2.87. The van der Waals surface area contributed by atoms with Crippen molar-refractivity contribution in [2.75, 3.05) is 51.3 Å². The maximum absolute atomic E-state index is 11.4. The molecule has 102 valence electrons. The van der Waals surface area contributed by atoms with Gasteiger partial charge in [-0.2, -0.15) is 0 Å². The van der Waals surface area contributed by atoms with Crippen LogP contribution in [0, 0.1) is 0 Å². The first-order valence-corrected chi connectivity index (χ1v) is 6.91. The van der Waals surface area contributed by atoms with Crippen molar-refractivity contribution in [2.24, 2.45) is 0 Å². The average molecular weight is 293 g/mol. The van der Waals surface area contributed by atoms with Gasteiger partial charge >= 0.3 is 0 Å². The predicted octanol–water partition coefficient (Wildman–Crippen LogP) is 1.66. The molecular weight excluding hydrogens is 276 g/mol. The fourth-order valence-electron chi connectivity index (χ4n) is 1.31. The molecule has 0 saturated heterocycles. The van der Waals surface area contributed by atoms with Crippen LogP contribution in [0.4, 0.5) is 5.13 Å². The van der Waals surface area contributed by atoms with Crippen molar-refractivity contribution in [1.82, 2.24) is 4.98 Å². The molecule has 0 aliphatic carbocycles. The number of ketones is 1. The van der Waals surface area contributed by atoms with Crippen molar-refractivity contribution in [3.63, 3.8) is 0 Å². The molecule has 0 amide bonds. The number of methoxy groups -OCH3 is 2. The zero-order valence-corrected chi connectivity index (χ0v) is 12.1. The van der Waals surface area contributed by atoms with Crippen LogP contribution in [0.15, 0.2) is 5.38 Å². The van der Waals surface area contributed by atoms with Crippen molar-refractivity contribution in [2.45, 2.75) is 0 Å². The maximum Gasteiger partial charge on any atom is 0.196 e. The summed E-state index contributed by atoms with van der Waals surface area (Å²) in [5.74, 6) is -0.197. The van der Waals surface area contributed by atoms with Gasteiger partial charge in [-0.25, -0.2) is 4.98 Å². The lowest BCUT2D eigenvalue weighted by Crippen LogP contribution is -2.30. The van der Waals surface area contributed by atoms with Gasteiger partial charge in [0.1, 0.15) is 5.69 Å². The summed E-state index contributed by atoms with van der Waals surface area (Å²) in [6, 6.07) is 0. The molecule has 1 aromatic rings. The Morgan fingerprint density at radius 1 is 1.39 bits per heavy atom. The van der Waals surface area contributed by atoms with E-state index in [4.69, 9.17) is 21.1 Å². The molecule has 0 aliphatic heterocycles. The highest BCUT2D eigenvalue weighted by Crippen LogP contribution is 2.20. The smallest absolute Gasteiger partial charge is 0.196 e. The summed E-state index contributed by atoms with van der Waals surface area (Å²) in [5.41, 5.74) is 0.421. The number of hydrogen-bond donors (Lipinski definition) is 0. The zero-order chi connectivity index (χ0) is 13.4. The molecule has 0 spiro atoms. The van der Waals surface area contributed by atoms with Gasteiger partial charge in [0.15, 0.2) is 10.9 Å². The predicted molar refractivity (Wildman–Crippen MR) is 73.1 cm³/mol. The van der Waals surface area contributed by atoms with Crippen molar-refractivity contribution in [1.29, 1.82) is 0 Å². The molecule has 0 saturated carbocycles. The lowest BCUT2D eigenvalue weighted by molar-refractivity contribution is 0.101. The summed E-state index contributed by atoms with van der Waals surface area (Å²) in [6.45, 7) is 2.62. The monoisotopic (exact) mass is 292 g/mol. The molecule has 0 fully saturated rings. The number of ether oxygens (including phenoxy) is 2. The third kappa shape index (κ3) is 4.53. The molecule has 0 aliphatic rings. The highest BCUT2D eigenvalue weighted by Gasteiger charge is 2.14. The minimum atomic E-state index is -0.155.